The lowest BCUT2D eigenvalue weighted by Gasteiger charge is -2.36. The molecule has 110 valence electrons. The Labute approximate surface area is 120 Å². The van der Waals surface area contributed by atoms with Gasteiger partial charge in [-0.3, -0.25) is 4.79 Å². The van der Waals surface area contributed by atoms with Crippen molar-refractivity contribution < 1.29 is 14.4 Å². The van der Waals surface area contributed by atoms with E-state index in [0.717, 1.165) is 37.6 Å². The van der Waals surface area contributed by atoms with E-state index in [0.29, 0.717) is 6.61 Å². The molecule has 20 heavy (non-hydrogen) atoms. The van der Waals surface area contributed by atoms with Crippen molar-refractivity contribution in [3.05, 3.63) is 24.3 Å². The van der Waals surface area contributed by atoms with Crippen molar-refractivity contribution in [3.63, 3.8) is 0 Å². The molecule has 0 saturated carbocycles. The molecule has 1 saturated heterocycles. The highest BCUT2D eigenvalue weighted by Crippen LogP contribution is 2.27. The van der Waals surface area contributed by atoms with Gasteiger partial charge in [-0.1, -0.05) is 12.1 Å². The van der Waals surface area contributed by atoms with Gasteiger partial charge in [0, 0.05) is 0 Å². The summed E-state index contributed by atoms with van der Waals surface area (Å²) in [7, 11) is 0. The summed E-state index contributed by atoms with van der Waals surface area (Å²) in [5.74, 6) is 0.713. The molecule has 0 spiro atoms. The van der Waals surface area contributed by atoms with Crippen LogP contribution < -0.4 is 20.3 Å². The summed E-state index contributed by atoms with van der Waals surface area (Å²) in [5, 5.41) is 0. The van der Waals surface area contributed by atoms with Gasteiger partial charge in [-0.2, -0.15) is 0 Å². The van der Waals surface area contributed by atoms with Crippen LogP contribution in [0.5, 0.6) is 5.75 Å². The first-order valence-corrected chi connectivity index (χ1v) is 7.24. The molecule has 1 aliphatic heterocycles. The van der Waals surface area contributed by atoms with E-state index in [9.17, 15) is 4.79 Å². The summed E-state index contributed by atoms with van der Waals surface area (Å²) >= 11 is 0. The van der Waals surface area contributed by atoms with E-state index < -0.39 is 0 Å². The topological polar surface area (TPSA) is 60.0 Å². The summed E-state index contributed by atoms with van der Waals surface area (Å²) in [6.07, 6.45) is 0. The SMILES string of the molecule is CCOc1ccccc1N1CC[NH+]([C@H](C)C(N)=O)CC1. The summed E-state index contributed by atoms with van der Waals surface area (Å²) in [6.45, 7) is 8.24. The van der Waals surface area contributed by atoms with Gasteiger partial charge < -0.3 is 20.3 Å². The molecule has 3 N–H and O–H groups in total. The van der Waals surface area contributed by atoms with E-state index in [1.54, 1.807) is 0 Å². The molecule has 0 radical (unpaired) electrons. The van der Waals surface area contributed by atoms with E-state index in [4.69, 9.17) is 10.5 Å². The fraction of sp³-hybridized carbons (Fsp3) is 0.533. The lowest BCUT2D eigenvalue weighted by atomic mass is 10.2. The molecule has 1 aromatic carbocycles. The summed E-state index contributed by atoms with van der Waals surface area (Å²) in [6, 6.07) is 8.01. The number of quaternary nitrogens is 1. The molecule has 1 atom stereocenters. The number of hydrogen-bond acceptors (Lipinski definition) is 3. The zero-order valence-corrected chi connectivity index (χ0v) is 12.3. The molecule has 0 aromatic heterocycles. The molecule has 1 aliphatic rings. The van der Waals surface area contributed by atoms with Crippen molar-refractivity contribution in [2.24, 2.45) is 5.73 Å². The van der Waals surface area contributed by atoms with E-state index in [2.05, 4.69) is 11.0 Å². The number of primary amides is 1. The fourth-order valence-corrected chi connectivity index (χ4v) is 2.67. The van der Waals surface area contributed by atoms with E-state index >= 15 is 0 Å². The molecular formula is C15H24N3O2+. The Kier molecular flexibility index (Phi) is 4.84. The highest BCUT2D eigenvalue weighted by molar-refractivity contribution is 5.77. The van der Waals surface area contributed by atoms with Crippen molar-refractivity contribution in [3.8, 4) is 5.75 Å². The normalized spacial score (nSPS) is 17.8. The number of benzene rings is 1. The second kappa shape index (κ2) is 6.61. The average Bonchev–Trinajstić information content (AvgIpc) is 2.47. The Hall–Kier alpha value is -1.75. The molecular weight excluding hydrogens is 254 g/mol. The van der Waals surface area contributed by atoms with Gasteiger partial charge in [0.2, 0.25) is 0 Å². The maximum Gasteiger partial charge on any atom is 0.275 e. The van der Waals surface area contributed by atoms with E-state index in [1.807, 2.05) is 32.0 Å². The van der Waals surface area contributed by atoms with Gasteiger partial charge in [0.1, 0.15) is 5.75 Å². The van der Waals surface area contributed by atoms with Crippen molar-refractivity contribution in [2.45, 2.75) is 19.9 Å². The zero-order chi connectivity index (χ0) is 14.5. The third-order valence-corrected chi connectivity index (χ3v) is 3.95. The number of para-hydroxylation sites is 2. The number of nitrogens with one attached hydrogen (secondary N) is 1. The van der Waals surface area contributed by atoms with Crippen LogP contribution in [-0.2, 0) is 4.79 Å². The first-order chi connectivity index (χ1) is 9.63. The molecule has 0 bridgehead atoms. The second-order valence-electron chi connectivity index (χ2n) is 5.17. The van der Waals surface area contributed by atoms with Gasteiger partial charge in [0.15, 0.2) is 6.04 Å². The minimum atomic E-state index is -0.219. The van der Waals surface area contributed by atoms with Crippen LogP contribution in [0.15, 0.2) is 24.3 Å². The Bertz CT molecular complexity index is 456. The lowest BCUT2D eigenvalue weighted by Crippen LogP contribution is -3.19. The molecule has 5 nitrogen and oxygen atoms in total. The highest BCUT2D eigenvalue weighted by Gasteiger charge is 2.28. The maximum atomic E-state index is 11.3. The Morgan fingerprint density at radius 3 is 2.65 bits per heavy atom. The number of piperazine rings is 1. The maximum absolute atomic E-state index is 11.3. The van der Waals surface area contributed by atoms with Gasteiger partial charge >= 0.3 is 0 Å². The number of carbonyl (C=O) groups is 1. The Balaban J connectivity index is 2.02. The fourth-order valence-electron chi connectivity index (χ4n) is 2.67. The number of nitrogens with two attached hydrogens (primary N) is 1. The van der Waals surface area contributed by atoms with Crippen molar-refractivity contribution in [1.29, 1.82) is 0 Å². The van der Waals surface area contributed by atoms with Crippen LogP contribution >= 0.6 is 0 Å². The molecule has 0 aliphatic carbocycles. The highest BCUT2D eigenvalue weighted by atomic mass is 16.5. The molecule has 2 rings (SSSR count). The predicted molar refractivity (Wildman–Crippen MR) is 79.2 cm³/mol. The number of carbonyl (C=O) groups excluding carboxylic acids is 1. The first-order valence-electron chi connectivity index (χ1n) is 7.24. The third kappa shape index (κ3) is 3.22. The molecule has 1 heterocycles. The minimum absolute atomic E-state index is 0.112. The quantitative estimate of drug-likeness (QED) is 0.775. The largest absolute Gasteiger partial charge is 0.492 e. The number of anilines is 1. The monoisotopic (exact) mass is 278 g/mol. The molecule has 1 amide bonds. The van der Waals surface area contributed by atoms with Crippen LogP contribution in [0.3, 0.4) is 0 Å². The summed E-state index contributed by atoms with van der Waals surface area (Å²) < 4.78 is 5.68. The summed E-state index contributed by atoms with van der Waals surface area (Å²) in [4.78, 5) is 14.8. The van der Waals surface area contributed by atoms with E-state index in [-0.39, 0.29) is 11.9 Å². The molecule has 1 aromatic rings. The van der Waals surface area contributed by atoms with Crippen LogP contribution in [0.1, 0.15) is 13.8 Å². The smallest absolute Gasteiger partial charge is 0.275 e. The van der Waals surface area contributed by atoms with Crippen LogP contribution in [-0.4, -0.2) is 44.7 Å². The Morgan fingerprint density at radius 2 is 2.05 bits per heavy atom. The van der Waals surface area contributed by atoms with Gasteiger partial charge in [-0.05, 0) is 26.0 Å². The minimum Gasteiger partial charge on any atom is -0.492 e. The summed E-state index contributed by atoms with van der Waals surface area (Å²) in [5.41, 5.74) is 6.52. The predicted octanol–water partition coefficient (Wildman–Crippen LogP) is -0.336. The third-order valence-electron chi connectivity index (χ3n) is 3.95. The first kappa shape index (κ1) is 14.7. The number of amides is 1. The van der Waals surface area contributed by atoms with Gasteiger partial charge in [-0.15, -0.1) is 0 Å². The number of hydrogen-bond donors (Lipinski definition) is 2. The van der Waals surface area contributed by atoms with Gasteiger partial charge in [0.05, 0.1) is 38.5 Å². The van der Waals surface area contributed by atoms with Crippen LogP contribution in [0.25, 0.3) is 0 Å². The van der Waals surface area contributed by atoms with Crippen LogP contribution in [0.4, 0.5) is 5.69 Å². The number of ether oxygens (including phenoxy) is 1. The Morgan fingerprint density at radius 1 is 1.40 bits per heavy atom. The van der Waals surface area contributed by atoms with Crippen molar-refractivity contribution in [1.82, 2.24) is 0 Å². The number of nitrogens with zero attached hydrogens (tertiary/aromatic N) is 1. The standard InChI is InChI=1S/C15H23N3O2/c1-3-20-14-7-5-4-6-13(14)18-10-8-17(9-11-18)12(2)15(16)19/h4-7,12H,3,8-11H2,1-2H3,(H2,16,19)/p+1/t12-/m1/s1. The van der Waals surface area contributed by atoms with Gasteiger partial charge in [-0.25, -0.2) is 0 Å². The molecule has 1 fully saturated rings. The van der Waals surface area contributed by atoms with Crippen LogP contribution in [0, 0.1) is 0 Å². The van der Waals surface area contributed by atoms with Gasteiger partial charge in [0.25, 0.3) is 5.91 Å². The van der Waals surface area contributed by atoms with Crippen molar-refractivity contribution in [2.75, 3.05) is 37.7 Å². The second-order valence-corrected chi connectivity index (χ2v) is 5.17. The molecule has 0 unspecified atom stereocenters. The van der Waals surface area contributed by atoms with E-state index in [1.165, 1.54) is 4.90 Å². The average molecular weight is 278 g/mol. The number of rotatable bonds is 5. The lowest BCUT2D eigenvalue weighted by molar-refractivity contribution is -0.914. The zero-order valence-electron chi connectivity index (χ0n) is 12.3. The van der Waals surface area contributed by atoms with Crippen molar-refractivity contribution >= 4 is 11.6 Å². The molecule has 5 heteroatoms. The van der Waals surface area contributed by atoms with Crippen LogP contribution in [0.2, 0.25) is 0 Å².